The molecule has 0 bridgehead atoms. The van der Waals surface area contributed by atoms with Gasteiger partial charge in [-0.3, -0.25) is 0 Å². The summed E-state index contributed by atoms with van der Waals surface area (Å²) < 4.78 is 17.8. The molecule has 1 aliphatic carbocycles. The minimum atomic E-state index is -0.439. The van der Waals surface area contributed by atoms with Crippen LogP contribution >= 0.6 is 0 Å². The summed E-state index contributed by atoms with van der Waals surface area (Å²) in [5, 5.41) is 10.9. The van der Waals surface area contributed by atoms with Gasteiger partial charge in [0.2, 0.25) is 0 Å². The lowest BCUT2D eigenvalue weighted by Crippen LogP contribution is -2.31. The second kappa shape index (κ2) is 8.73. The molecule has 0 radical (unpaired) electrons. The number of para-hydroxylation sites is 2. The van der Waals surface area contributed by atoms with Gasteiger partial charge >= 0.3 is 5.63 Å². The summed E-state index contributed by atoms with van der Waals surface area (Å²) in [6.45, 7) is 2.49. The largest absolute Gasteiger partial charge is 0.507 e. The molecule has 1 fully saturated rings. The minimum Gasteiger partial charge on any atom is -0.507 e. The molecule has 3 aromatic rings. The van der Waals surface area contributed by atoms with E-state index < -0.39 is 5.63 Å². The molecular weight excluding hydrogens is 404 g/mol. The number of hydrogen-bond acceptors (Lipinski definition) is 5. The van der Waals surface area contributed by atoms with Crippen molar-refractivity contribution in [2.45, 2.75) is 50.5 Å². The first kappa shape index (κ1) is 20.7. The van der Waals surface area contributed by atoms with Gasteiger partial charge in [-0.05, 0) is 49.3 Å². The molecule has 3 atom stereocenters. The van der Waals surface area contributed by atoms with Gasteiger partial charge in [-0.2, -0.15) is 0 Å². The highest BCUT2D eigenvalue weighted by Crippen LogP contribution is 2.48. The molecule has 1 N–H and O–H groups in total. The lowest BCUT2D eigenvalue weighted by molar-refractivity contribution is 0.0769. The van der Waals surface area contributed by atoms with E-state index in [-0.39, 0.29) is 23.7 Å². The first-order valence-corrected chi connectivity index (χ1v) is 11.4. The van der Waals surface area contributed by atoms with Gasteiger partial charge in [0, 0.05) is 17.9 Å². The summed E-state index contributed by atoms with van der Waals surface area (Å²) in [5.41, 5.74) is 0.984. The summed E-state index contributed by atoms with van der Waals surface area (Å²) in [5.74, 6) is 2.19. The molecule has 0 amide bonds. The van der Waals surface area contributed by atoms with Crippen molar-refractivity contribution in [3.63, 3.8) is 0 Å². The minimum absolute atomic E-state index is 0.0293. The Labute approximate surface area is 187 Å². The van der Waals surface area contributed by atoms with Crippen molar-refractivity contribution in [2.24, 2.45) is 5.92 Å². The molecule has 2 aliphatic rings. The van der Waals surface area contributed by atoms with Gasteiger partial charge in [0.1, 0.15) is 24.2 Å². The Hall–Kier alpha value is -3.21. The van der Waals surface area contributed by atoms with Crippen LogP contribution in [-0.4, -0.2) is 17.8 Å². The molecule has 1 aromatic heterocycles. The van der Waals surface area contributed by atoms with Gasteiger partial charge in [-0.25, -0.2) is 4.79 Å². The maximum Gasteiger partial charge on any atom is 0.343 e. The quantitative estimate of drug-likeness (QED) is 0.525. The summed E-state index contributed by atoms with van der Waals surface area (Å²) >= 11 is 0. The molecule has 166 valence electrons. The normalized spacial score (nSPS) is 19.3. The van der Waals surface area contributed by atoms with E-state index in [9.17, 15) is 9.90 Å². The second-order valence-electron chi connectivity index (χ2n) is 8.80. The maximum absolute atomic E-state index is 13.1. The van der Waals surface area contributed by atoms with Gasteiger partial charge in [-0.15, -0.1) is 0 Å². The number of benzene rings is 2. The molecule has 5 rings (SSSR count). The topological polar surface area (TPSA) is 68.9 Å². The fraction of sp³-hybridized carbons (Fsp3) is 0.370. The summed E-state index contributed by atoms with van der Waals surface area (Å²) in [6, 6.07) is 19.2. The molecule has 1 saturated carbocycles. The maximum atomic E-state index is 13.1. The summed E-state index contributed by atoms with van der Waals surface area (Å²) in [7, 11) is 0. The number of ether oxygens (including phenoxy) is 2. The van der Waals surface area contributed by atoms with Crippen molar-refractivity contribution in [3.8, 4) is 17.2 Å². The number of rotatable bonds is 7. The van der Waals surface area contributed by atoms with Crippen LogP contribution in [0.5, 0.6) is 17.2 Å². The number of hydrogen-bond donors (Lipinski definition) is 1. The number of fused-ring (bicyclic) bond motifs is 1. The van der Waals surface area contributed by atoms with E-state index in [1.54, 1.807) is 6.07 Å². The number of aromatic hydroxyl groups is 1. The van der Waals surface area contributed by atoms with Crippen molar-refractivity contribution in [3.05, 3.63) is 88.0 Å². The Morgan fingerprint density at radius 1 is 1.03 bits per heavy atom. The van der Waals surface area contributed by atoms with Crippen LogP contribution in [0.25, 0.3) is 0 Å². The van der Waals surface area contributed by atoms with E-state index in [0.29, 0.717) is 30.3 Å². The summed E-state index contributed by atoms with van der Waals surface area (Å²) in [6.07, 6.45) is 3.35. The predicted octanol–water partition coefficient (Wildman–Crippen LogP) is 5.61. The van der Waals surface area contributed by atoms with Crippen LogP contribution in [0.15, 0.2) is 69.9 Å². The van der Waals surface area contributed by atoms with E-state index in [2.05, 4.69) is 0 Å². The zero-order valence-electron chi connectivity index (χ0n) is 18.2. The van der Waals surface area contributed by atoms with E-state index in [1.165, 1.54) is 0 Å². The molecule has 0 saturated heterocycles. The van der Waals surface area contributed by atoms with Crippen molar-refractivity contribution >= 4 is 0 Å². The zero-order chi connectivity index (χ0) is 22.1. The van der Waals surface area contributed by atoms with Crippen LogP contribution in [0, 0.1) is 5.92 Å². The lowest BCUT2D eigenvalue weighted by atomic mass is 9.87. The summed E-state index contributed by atoms with van der Waals surface area (Å²) in [4.78, 5) is 13.1. The van der Waals surface area contributed by atoms with Crippen LogP contribution in [0.3, 0.4) is 0 Å². The van der Waals surface area contributed by atoms with Crippen LogP contribution in [0.4, 0.5) is 0 Å². The fourth-order valence-corrected chi connectivity index (χ4v) is 4.74. The van der Waals surface area contributed by atoms with Gasteiger partial charge in [0.05, 0.1) is 5.56 Å². The molecule has 3 unspecified atom stereocenters. The molecule has 5 nitrogen and oxygen atoms in total. The fourth-order valence-electron chi connectivity index (χ4n) is 4.74. The Bertz CT molecular complexity index is 1130. The van der Waals surface area contributed by atoms with Crippen molar-refractivity contribution < 1.29 is 19.0 Å². The van der Waals surface area contributed by atoms with Crippen molar-refractivity contribution in [2.75, 3.05) is 6.61 Å². The Morgan fingerprint density at radius 3 is 2.44 bits per heavy atom. The van der Waals surface area contributed by atoms with E-state index in [1.807, 2.05) is 61.5 Å². The smallest absolute Gasteiger partial charge is 0.343 e. The standard InChI is InChI=1S/C27H28O5/c1-2-17(14-20-16-30-22-10-6-7-11-23(22)31-20)24-15-21(28)26(27(29)32-24)25(19-12-13-19)18-8-4-3-5-9-18/h3-11,15,17,19-20,25,28H,2,12-14,16H2,1H3. The third kappa shape index (κ3) is 4.12. The van der Waals surface area contributed by atoms with E-state index in [0.717, 1.165) is 36.3 Å². The second-order valence-corrected chi connectivity index (χ2v) is 8.80. The Balaban J connectivity index is 1.40. The zero-order valence-corrected chi connectivity index (χ0v) is 18.2. The van der Waals surface area contributed by atoms with Gasteiger partial charge < -0.3 is 19.0 Å². The SMILES string of the molecule is CCC(CC1COc2ccccc2O1)c1cc(O)c(C(c2ccccc2)C2CC2)c(=O)o1. The first-order valence-electron chi connectivity index (χ1n) is 11.4. The molecule has 1 aliphatic heterocycles. The van der Waals surface area contributed by atoms with Crippen molar-refractivity contribution in [1.82, 2.24) is 0 Å². The predicted molar refractivity (Wildman–Crippen MR) is 122 cm³/mol. The van der Waals surface area contributed by atoms with Crippen LogP contribution in [0.2, 0.25) is 0 Å². The van der Waals surface area contributed by atoms with Crippen LogP contribution in [-0.2, 0) is 0 Å². The Kier molecular flexibility index (Phi) is 5.64. The molecule has 5 heteroatoms. The molecule has 2 heterocycles. The van der Waals surface area contributed by atoms with Crippen LogP contribution < -0.4 is 15.1 Å². The van der Waals surface area contributed by atoms with Gasteiger partial charge in [0.25, 0.3) is 0 Å². The van der Waals surface area contributed by atoms with E-state index >= 15 is 0 Å². The first-order chi connectivity index (χ1) is 15.6. The van der Waals surface area contributed by atoms with Crippen molar-refractivity contribution in [1.29, 1.82) is 0 Å². The van der Waals surface area contributed by atoms with Crippen LogP contribution in [0.1, 0.15) is 61.3 Å². The molecular formula is C27H28O5. The molecule has 0 spiro atoms. The highest BCUT2D eigenvalue weighted by atomic mass is 16.6. The Morgan fingerprint density at radius 2 is 1.75 bits per heavy atom. The van der Waals surface area contributed by atoms with Gasteiger partial charge in [-0.1, -0.05) is 49.4 Å². The average molecular weight is 433 g/mol. The third-order valence-electron chi connectivity index (χ3n) is 6.56. The highest BCUT2D eigenvalue weighted by molar-refractivity contribution is 5.42. The average Bonchev–Trinajstić information content (AvgIpc) is 3.65. The third-order valence-corrected chi connectivity index (χ3v) is 6.56. The molecule has 2 aromatic carbocycles. The monoisotopic (exact) mass is 432 g/mol. The molecule has 32 heavy (non-hydrogen) atoms. The van der Waals surface area contributed by atoms with E-state index in [4.69, 9.17) is 13.9 Å². The highest BCUT2D eigenvalue weighted by Gasteiger charge is 2.37. The lowest BCUT2D eigenvalue weighted by Gasteiger charge is -2.28. The van der Waals surface area contributed by atoms with Gasteiger partial charge in [0.15, 0.2) is 11.5 Å².